The highest BCUT2D eigenvalue weighted by Gasteiger charge is 2.41. The third-order valence-electron chi connectivity index (χ3n) is 6.18. The van der Waals surface area contributed by atoms with Gasteiger partial charge in [-0.2, -0.15) is 0 Å². The summed E-state index contributed by atoms with van der Waals surface area (Å²) >= 11 is 8.25. The average Bonchev–Trinajstić information content (AvgIpc) is 3.51. The molecule has 1 amide bonds. The number of nitrogens with zero attached hydrogens (tertiary/aromatic N) is 2. The zero-order valence-electron chi connectivity index (χ0n) is 18.0. The standard InChI is InChI=1S/C23H25ClN6O2S/c1-32-16-7-5-13(6-8-16)21(31)26-15-4-2-3-14(11-15)22-29-30-23(33-22)27-19-10-9-18-17(20(19)24)12-25-28-18/h2-8,11,17-20,25,28H,9-10,12H2,1H3,(H,26,31)(H,27,30). The van der Waals surface area contributed by atoms with Crippen LogP contribution in [0.4, 0.5) is 10.8 Å². The highest BCUT2D eigenvalue weighted by Crippen LogP contribution is 2.35. The zero-order chi connectivity index (χ0) is 22.8. The Morgan fingerprint density at radius 1 is 1.18 bits per heavy atom. The van der Waals surface area contributed by atoms with Crippen molar-refractivity contribution < 1.29 is 9.53 Å². The van der Waals surface area contributed by atoms with Crippen LogP contribution in [0.5, 0.6) is 5.75 Å². The van der Waals surface area contributed by atoms with Gasteiger partial charge in [0.25, 0.3) is 5.91 Å². The zero-order valence-corrected chi connectivity index (χ0v) is 19.6. The van der Waals surface area contributed by atoms with Crippen molar-refractivity contribution in [2.45, 2.75) is 30.3 Å². The molecule has 1 saturated heterocycles. The fraction of sp³-hybridized carbons (Fsp3) is 0.348. The van der Waals surface area contributed by atoms with Crippen LogP contribution < -0.4 is 26.2 Å². The van der Waals surface area contributed by atoms with Crippen molar-refractivity contribution in [3.8, 4) is 16.3 Å². The number of fused-ring (bicyclic) bond motifs is 1. The van der Waals surface area contributed by atoms with Gasteiger partial charge in [0.2, 0.25) is 5.13 Å². The van der Waals surface area contributed by atoms with Gasteiger partial charge in [0.05, 0.1) is 12.5 Å². The van der Waals surface area contributed by atoms with Gasteiger partial charge in [0, 0.05) is 41.4 Å². The van der Waals surface area contributed by atoms with Crippen LogP contribution in [0.25, 0.3) is 10.6 Å². The Bertz CT molecular complexity index is 1120. The van der Waals surface area contributed by atoms with E-state index in [1.165, 1.54) is 11.3 Å². The minimum absolute atomic E-state index is 0.0232. The Kier molecular flexibility index (Phi) is 6.45. The molecule has 2 fully saturated rings. The molecule has 33 heavy (non-hydrogen) atoms. The predicted molar refractivity (Wildman–Crippen MR) is 131 cm³/mol. The summed E-state index contributed by atoms with van der Waals surface area (Å²) in [4.78, 5) is 12.6. The molecule has 4 N–H and O–H groups in total. The van der Waals surface area contributed by atoms with E-state index in [1.807, 2.05) is 24.3 Å². The Morgan fingerprint density at radius 2 is 2.03 bits per heavy atom. The molecule has 0 bridgehead atoms. The minimum Gasteiger partial charge on any atom is -0.497 e. The molecule has 4 atom stereocenters. The summed E-state index contributed by atoms with van der Waals surface area (Å²) in [6.07, 6.45) is 2.05. The summed E-state index contributed by atoms with van der Waals surface area (Å²) in [6.45, 7) is 0.882. The number of carbonyl (C=O) groups excluding carboxylic acids is 1. The van der Waals surface area contributed by atoms with Crippen LogP contribution in [0.1, 0.15) is 23.2 Å². The topological polar surface area (TPSA) is 100 Å². The van der Waals surface area contributed by atoms with E-state index in [2.05, 4.69) is 31.7 Å². The number of anilines is 2. The van der Waals surface area contributed by atoms with Crippen molar-refractivity contribution >= 4 is 39.7 Å². The predicted octanol–water partition coefficient (Wildman–Crippen LogP) is 3.74. The Hall–Kier alpha value is -2.72. The lowest BCUT2D eigenvalue weighted by Gasteiger charge is -2.35. The first-order chi connectivity index (χ1) is 16.1. The molecule has 10 heteroatoms. The lowest BCUT2D eigenvalue weighted by atomic mass is 9.82. The van der Waals surface area contributed by atoms with Gasteiger partial charge < -0.3 is 15.4 Å². The van der Waals surface area contributed by atoms with Crippen LogP contribution in [-0.2, 0) is 0 Å². The molecule has 8 nitrogen and oxygen atoms in total. The maximum Gasteiger partial charge on any atom is 0.255 e. The first-order valence-corrected chi connectivity index (χ1v) is 12.1. The lowest BCUT2D eigenvalue weighted by molar-refractivity contribution is 0.102. The quantitative estimate of drug-likeness (QED) is 0.395. The Balaban J connectivity index is 1.25. The van der Waals surface area contributed by atoms with E-state index in [0.717, 1.165) is 35.1 Å². The number of methoxy groups -OCH3 is 1. The summed E-state index contributed by atoms with van der Waals surface area (Å²) in [7, 11) is 1.60. The van der Waals surface area contributed by atoms with E-state index in [4.69, 9.17) is 16.3 Å². The number of benzene rings is 2. The summed E-state index contributed by atoms with van der Waals surface area (Å²) in [5.74, 6) is 0.921. The first-order valence-electron chi connectivity index (χ1n) is 10.9. The number of hydrogen-bond donors (Lipinski definition) is 4. The van der Waals surface area contributed by atoms with Gasteiger partial charge in [-0.15, -0.1) is 21.8 Å². The van der Waals surface area contributed by atoms with Gasteiger partial charge in [-0.05, 0) is 49.2 Å². The first kappa shape index (κ1) is 22.1. The number of aromatic nitrogens is 2. The Labute approximate surface area is 201 Å². The van der Waals surface area contributed by atoms with E-state index < -0.39 is 0 Å². The van der Waals surface area contributed by atoms with E-state index in [1.54, 1.807) is 31.4 Å². The van der Waals surface area contributed by atoms with Crippen LogP contribution in [-0.4, -0.2) is 47.2 Å². The van der Waals surface area contributed by atoms with Crippen molar-refractivity contribution in [3.05, 3.63) is 54.1 Å². The van der Waals surface area contributed by atoms with E-state index in [9.17, 15) is 4.79 Å². The number of hydrogen-bond acceptors (Lipinski definition) is 8. The van der Waals surface area contributed by atoms with Gasteiger partial charge in [-0.1, -0.05) is 23.5 Å². The molecule has 4 unspecified atom stereocenters. The molecule has 2 heterocycles. The summed E-state index contributed by atoms with van der Waals surface area (Å²) < 4.78 is 5.14. The van der Waals surface area contributed by atoms with Crippen LogP contribution in [0.2, 0.25) is 0 Å². The molecule has 0 spiro atoms. The molecule has 1 saturated carbocycles. The number of nitrogens with one attached hydrogen (secondary N) is 4. The van der Waals surface area contributed by atoms with Crippen LogP contribution in [0.3, 0.4) is 0 Å². The number of carbonyl (C=O) groups is 1. The molecular weight excluding hydrogens is 460 g/mol. The van der Waals surface area contributed by atoms with E-state index in [0.29, 0.717) is 29.0 Å². The maximum atomic E-state index is 12.6. The smallest absolute Gasteiger partial charge is 0.255 e. The van der Waals surface area contributed by atoms with Crippen LogP contribution >= 0.6 is 22.9 Å². The monoisotopic (exact) mass is 484 g/mol. The highest BCUT2D eigenvalue weighted by molar-refractivity contribution is 7.18. The van der Waals surface area contributed by atoms with Crippen molar-refractivity contribution in [3.63, 3.8) is 0 Å². The maximum absolute atomic E-state index is 12.6. The van der Waals surface area contributed by atoms with Crippen LogP contribution in [0, 0.1) is 5.92 Å². The third-order valence-corrected chi connectivity index (χ3v) is 7.71. The average molecular weight is 485 g/mol. The second-order valence-corrected chi connectivity index (χ2v) is 9.73. The Morgan fingerprint density at radius 3 is 2.85 bits per heavy atom. The third kappa shape index (κ3) is 4.81. The fourth-order valence-electron chi connectivity index (χ4n) is 4.38. The fourth-order valence-corrected chi connectivity index (χ4v) is 5.63. The minimum atomic E-state index is -0.186. The number of hydrazine groups is 1. The van der Waals surface area contributed by atoms with Gasteiger partial charge in [0.15, 0.2) is 0 Å². The molecule has 1 aliphatic heterocycles. The SMILES string of the molecule is COc1ccc(C(=O)Nc2cccc(-c3nnc(NC4CCC5NNCC5C4Cl)s3)c2)cc1. The number of rotatable bonds is 6. The number of amides is 1. The van der Waals surface area contributed by atoms with Gasteiger partial charge >= 0.3 is 0 Å². The van der Waals surface area contributed by atoms with Crippen molar-refractivity contribution in [2.24, 2.45) is 5.92 Å². The molecule has 1 aliphatic carbocycles. The highest BCUT2D eigenvalue weighted by atomic mass is 35.5. The van der Waals surface area contributed by atoms with Crippen LogP contribution in [0.15, 0.2) is 48.5 Å². The summed E-state index contributed by atoms with van der Waals surface area (Å²) in [5.41, 5.74) is 8.67. The molecule has 5 rings (SSSR count). The summed E-state index contributed by atoms with van der Waals surface area (Å²) in [6, 6.07) is 15.2. The van der Waals surface area contributed by atoms with E-state index >= 15 is 0 Å². The number of alkyl halides is 1. The van der Waals surface area contributed by atoms with E-state index in [-0.39, 0.29) is 17.3 Å². The molecule has 172 valence electrons. The molecule has 3 aromatic rings. The molecule has 2 aromatic carbocycles. The van der Waals surface area contributed by atoms with Crippen molar-refractivity contribution in [2.75, 3.05) is 24.3 Å². The molecule has 0 radical (unpaired) electrons. The number of ether oxygens (including phenoxy) is 1. The van der Waals surface area contributed by atoms with Gasteiger partial charge in [-0.25, -0.2) is 0 Å². The van der Waals surface area contributed by atoms with Gasteiger partial charge in [0.1, 0.15) is 10.8 Å². The summed E-state index contributed by atoms with van der Waals surface area (Å²) in [5, 5.41) is 16.7. The molecule has 1 aromatic heterocycles. The number of halogens is 1. The lowest BCUT2D eigenvalue weighted by Crippen LogP contribution is -2.47. The second-order valence-electron chi connectivity index (χ2n) is 8.24. The second kappa shape index (κ2) is 9.64. The van der Waals surface area contributed by atoms with Crippen molar-refractivity contribution in [1.29, 1.82) is 0 Å². The van der Waals surface area contributed by atoms with Crippen molar-refractivity contribution in [1.82, 2.24) is 21.0 Å². The largest absolute Gasteiger partial charge is 0.497 e. The molecule has 2 aliphatic rings. The van der Waals surface area contributed by atoms with Gasteiger partial charge in [-0.3, -0.25) is 15.6 Å². The molecular formula is C23H25ClN6O2S. The normalized spacial score (nSPS) is 24.2.